The summed E-state index contributed by atoms with van der Waals surface area (Å²) < 4.78 is 29.1. The minimum atomic E-state index is -3.43. The van der Waals surface area contributed by atoms with Crippen LogP contribution in [0.25, 0.3) is 11.4 Å². The molecule has 21 heavy (non-hydrogen) atoms. The van der Waals surface area contributed by atoms with E-state index >= 15 is 0 Å². The highest BCUT2D eigenvalue weighted by molar-refractivity contribution is 7.91. The Labute approximate surface area is 127 Å². The maximum Gasteiger partial charge on any atom is 0.245 e. The Bertz CT molecular complexity index is 697. The lowest BCUT2D eigenvalue weighted by atomic mass is 10.2. The first-order chi connectivity index (χ1) is 9.94. The van der Waals surface area contributed by atoms with E-state index in [4.69, 9.17) is 21.2 Å². The lowest BCUT2D eigenvalue weighted by Crippen LogP contribution is -2.15. The molecule has 6 nitrogen and oxygen atoms in total. The molecule has 0 bridgehead atoms. The SMILES string of the molecule is CC(c1nc(-c2ccc(Cl)cc2)no1)S(=O)(=O)CCCO. The van der Waals surface area contributed by atoms with Gasteiger partial charge in [-0.3, -0.25) is 0 Å². The molecule has 1 atom stereocenters. The second-order valence-electron chi connectivity index (χ2n) is 4.55. The zero-order valence-corrected chi connectivity index (χ0v) is 12.9. The average molecular weight is 331 g/mol. The zero-order valence-electron chi connectivity index (χ0n) is 11.4. The topological polar surface area (TPSA) is 93.3 Å². The number of halogens is 1. The summed E-state index contributed by atoms with van der Waals surface area (Å²) in [5.74, 6) is 0.229. The molecule has 1 aromatic heterocycles. The van der Waals surface area contributed by atoms with Crippen LogP contribution >= 0.6 is 11.6 Å². The van der Waals surface area contributed by atoms with Gasteiger partial charge < -0.3 is 9.63 Å². The van der Waals surface area contributed by atoms with E-state index in [0.717, 1.165) is 0 Å². The highest BCUT2D eigenvalue weighted by atomic mass is 35.5. The molecule has 1 heterocycles. The first kappa shape index (κ1) is 15.9. The number of sulfone groups is 1. The highest BCUT2D eigenvalue weighted by Crippen LogP contribution is 2.25. The minimum Gasteiger partial charge on any atom is -0.396 e. The summed E-state index contributed by atoms with van der Waals surface area (Å²) in [5.41, 5.74) is 0.689. The molecule has 1 aromatic carbocycles. The van der Waals surface area contributed by atoms with Crippen LogP contribution in [0.4, 0.5) is 0 Å². The molecule has 0 saturated carbocycles. The summed E-state index contributed by atoms with van der Waals surface area (Å²) in [7, 11) is -3.43. The van der Waals surface area contributed by atoms with Crippen molar-refractivity contribution in [3.05, 3.63) is 35.2 Å². The molecule has 0 amide bonds. The number of benzene rings is 1. The van der Waals surface area contributed by atoms with Gasteiger partial charge in [0.15, 0.2) is 9.84 Å². The van der Waals surface area contributed by atoms with E-state index < -0.39 is 15.1 Å². The van der Waals surface area contributed by atoms with Crippen molar-refractivity contribution in [1.82, 2.24) is 10.1 Å². The van der Waals surface area contributed by atoms with Crippen LogP contribution in [0.1, 0.15) is 24.5 Å². The van der Waals surface area contributed by atoms with Crippen LogP contribution < -0.4 is 0 Å². The lowest BCUT2D eigenvalue weighted by molar-refractivity contribution is 0.295. The van der Waals surface area contributed by atoms with E-state index in [0.29, 0.717) is 16.4 Å². The smallest absolute Gasteiger partial charge is 0.245 e. The van der Waals surface area contributed by atoms with Gasteiger partial charge in [-0.15, -0.1) is 0 Å². The monoisotopic (exact) mass is 330 g/mol. The summed E-state index contributed by atoms with van der Waals surface area (Å²) in [6, 6.07) is 6.83. The van der Waals surface area contributed by atoms with E-state index in [1.165, 1.54) is 6.92 Å². The van der Waals surface area contributed by atoms with Gasteiger partial charge in [0.25, 0.3) is 0 Å². The van der Waals surface area contributed by atoms with Crippen molar-refractivity contribution in [3.63, 3.8) is 0 Å². The summed E-state index contributed by atoms with van der Waals surface area (Å²) >= 11 is 5.80. The Hall–Kier alpha value is -1.44. The summed E-state index contributed by atoms with van der Waals surface area (Å²) in [4.78, 5) is 4.12. The maximum absolute atomic E-state index is 12.0. The second-order valence-corrected chi connectivity index (χ2v) is 7.43. The van der Waals surface area contributed by atoms with Crippen LogP contribution in [-0.2, 0) is 9.84 Å². The Morgan fingerprint density at radius 2 is 2.00 bits per heavy atom. The molecule has 1 unspecified atom stereocenters. The maximum atomic E-state index is 12.0. The van der Waals surface area contributed by atoms with E-state index in [2.05, 4.69) is 10.1 Å². The predicted octanol–water partition coefficient (Wildman–Crippen LogP) is 2.25. The first-order valence-electron chi connectivity index (χ1n) is 6.36. The Balaban J connectivity index is 2.21. The minimum absolute atomic E-state index is 0.0397. The van der Waals surface area contributed by atoms with Gasteiger partial charge in [-0.2, -0.15) is 4.98 Å². The quantitative estimate of drug-likeness (QED) is 0.873. The van der Waals surface area contributed by atoms with Gasteiger partial charge in [0, 0.05) is 17.2 Å². The van der Waals surface area contributed by atoms with Crippen molar-refractivity contribution in [3.8, 4) is 11.4 Å². The van der Waals surface area contributed by atoms with E-state index in [-0.39, 0.29) is 24.7 Å². The summed E-state index contributed by atoms with van der Waals surface area (Å²) in [6.07, 6.45) is 0.185. The van der Waals surface area contributed by atoms with Crippen molar-refractivity contribution >= 4 is 21.4 Å². The molecule has 0 spiro atoms. The van der Waals surface area contributed by atoms with Gasteiger partial charge in [0.1, 0.15) is 5.25 Å². The number of aromatic nitrogens is 2. The number of rotatable bonds is 6. The molecule has 0 aliphatic carbocycles. The van der Waals surface area contributed by atoms with Crippen molar-refractivity contribution in [2.45, 2.75) is 18.6 Å². The van der Waals surface area contributed by atoms with Gasteiger partial charge in [-0.05, 0) is 37.6 Å². The molecule has 0 fully saturated rings. The number of aliphatic hydroxyl groups excluding tert-OH is 1. The fraction of sp³-hybridized carbons (Fsp3) is 0.385. The van der Waals surface area contributed by atoms with E-state index in [9.17, 15) is 8.42 Å². The Morgan fingerprint density at radius 3 is 2.62 bits per heavy atom. The van der Waals surface area contributed by atoms with Gasteiger partial charge in [-0.25, -0.2) is 8.42 Å². The van der Waals surface area contributed by atoms with Crippen LogP contribution in [0, 0.1) is 0 Å². The van der Waals surface area contributed by atoms with Gasteiger partial charge in [0.05, 0.1) is 5.75 Å². The predicted molar refractivity (Wildman–Crippen MR) is 78.6 cm³/mol. The zero-order chi connectivity index (χ0) is 15.5. The number of nitrogens with zero attached hydrogens (tertiary/aromatic N) is 2. The van der Waals surface area contributed by atoms with Gasteiger partial charge in [-0.1, -0.05) is 16.8 Å². The molecule has 2 rings (SSSR count). The Morgan fingerprint density at radius 1 is 1.33 bits per heavy atom. The fourth-order valence-electron chi connectivity index (χ4n) is 1.71. The van der Waals surface area contributed by atoms with Crippen LogP contribution in [0.5, 0.6) is 0 Å². The van der Waals surface area contributed by atoms with Crippen LogP contribution in [0.15, 0.2) is 28.8 Å². The molecular weight excluding hydrogens is 316 g/mol. The molecule has 114 valence electrons. The molecule has 0 aliphatic rings. The molecular formula is C13H15ClN2O4S. The summed E-state index contributed by atoms with van der Waals surface area (Å²) in [5, 5.41) is 12.2. The van der Waals surface area contributed by atoms with Crippen molar-refractivity contribution in [2.75, 3.05) is 12.4 Å². The molecule has 0 radical (unpaired) electrons. The standard InChI is InChI=1S/C13H15ClN2O4S/c1-9(21(18,19)8-2-7-17)13-15-12(16-20-13)10-3-5-11(14)6-4-10/h3-6,9,17H,2,7-8H2,1H3. The highest BCUT2D eigenvalue weighted by Gasteiger charge is 2.27. The molecule has 2 aromatic rings. The van der Waals surface area contributed by atoms with Crippen molar-refractivity contribution < 1.29 is 18.0 Å². The molecule has 0 aliphatic heterocycles. The van der Waals surface area contributed by atoms with Crippen LogP contribution in [-0.4, -0.2) is 36.0 Å². The average Bonchev–Trinajstić information content (AvgIpc) is 2.94. The second kappa shape index (κ2) is 6.55. The van der Waals surface area contributed by atoms with E-state index in [1.54, 1.807) is 24.3 Å². The normalized spacial score (nSPS) is 13.3. The fourth-order valence-corrected chi connectivity index (χ4v) is 3.13. The number of hydrogen-bond donors (Lipinski definition) is 1. The molecule has 0 saturated heterocycles. The number of hydrogen-bond acceptors (Lipinski definition) is 6. The molecule has 1 N–H and O–H groups in total. The third-order valence-electron chi connectivity index (χ3n) is 3.02. The van der Waals surface area contributed by atoms with Crippen molar-refractivity contribution in [2.24, 2.45) is 0 Å². The van der Waals surface area contributed by atoms with Gasteiger partial charge in [0.2, 0.25) is 11.7 Å². The number of aliphatic hydroxyl groups is 1. The molecule has 8 heteroatoms. The van der Waals surface area contributed by atoms with Crippen LogP contribution in [0.3, 0.4) is 0 Å². The third kappa shape index (κ3) is 3.81. The lowest BCUT2D eigenvalue weighted by Gasteiger charge is -2.07. The summed E-state index contributed by atoms with van der Waals surface area (Å²) in [6.45, 7) is 1.32. The van der Waals surface area contributed by atoms with Crippen molar-refractivity contribution in [1.29, 1.82) is 0 Å². The largest absolute Gasteiger partial charge is 0.396 e. The van der Waals surface area contributed by atoms with Gasteiger partial charge >= 0.3 is 0 Å². The first-order valence-corrected chi connectivity index (χ1v) is 8.45. The third-order valence-corrected chi connectivity index (χ3v) is 5.41. The van der Waals surface area contributed by atoms with E-state index in [1.807, 2.05) is 0 Å². The Kier molecular flexibility index (Phi) is 4.97. The van der Waals surface area contributed by atoms with Crippen LogP contribution in [0.2, 0.25) is 5.02 Å².